The number of aromatic nitrogens is 1. The molecule has 0 aliphatic heterocycles. The molecule has 0 bridgehead atoms. The van der Waals surface area contributed by atoms with Crippen molar-refractivity contribution in [1.29, 1.82) is 0 Å². The Labute approximate surface area is 136 Å². The van der Waals surface area contributed by atoms with Crippen LogP contribution in [0.15, 0.2) is 12.3 Å². The summed E-state index contributed by atoms with van der Waals surface area (Å²) in [5.41, 5.74) is -0.426. The van der Waals surface area contributed by atoms with Crippen molar-refractivity contribution < 1.29 is 33.0 Å². The molecule has 24 heavy (non-hydrogen) atoms. The second kappa shape index (κ2) is 7.20. The molecule has 0 radical (unpaired) electrons. The smallest absolute Gasteiger partial charge is 0.343 e. The van der Waals surface area contributed by atoms with Gasteiger partial charge in [0, 0.05) is 30.5 Å². The number of hydrogen-bond acceptors (Lipinski definition) is 6. The summed E-state index contributed by atoms with van der Waals surface area (Å²) in [7, 11) is 0. The van der Waals surface area contributed by atoms with E-state index < -0.39 is 29.3 Å². The lowest BCUT2D eigenvalue weighted by Gasteiger charge is -2.11. The van der Waals surface area contributed by atoms with Crippen molar-refractivity contribution >= 4 is 22.8 Å². The fourth-order valence-corrected chi connectivity index (χ4v) is 2.22. The molecule has 0 spiro atoms. The number of carbonyl (C=O) groups is 2. The molecule has 2 rings (SSSR count). The number of aromatic hydroxyl groups is 1. The Kier molecular flexibility index (Phi) is 5.28. The van der Waals surface area contributed by atoms with Crippen LogP contribution >= 0.6 is 0 Å². The lowest BCUT2D eigenvalue weighted by molar-refractivity contribution is -0.140. The van der Waals surface area contributed by atoms with Crippen molar-refractivity contribution in [3.63, 3.8) is 0 Å². The van der Waals surface area contributed by atoms with Crippen molar-refractivity contribution in [2.45, 2.75) is 20.3 Å². The number of hydrogen-bond donors (Lipinski definition) is 1. The lowest BCUT2D eigenvalue weighted by atomic mass is 10.0. The molecule has 128 valence electrons. The van der Waals surface area contributed by atoms with Crippen molar-refractivity contribution in [2.75, 3.05) is 13.2 Å². The van der Waals surface area contributed by atoms with Crippen LogP contribution in [0.4, 0.5) is 8.78 Å². The second-order valence-corrected chi connectivity index (χ2v) is 4.88. The topological polar surface area (TPSA) is 85.7 Å². The lowest BCUT2D eigenvalue weighted by Crippen LogP contribution is -2.09. The van der Waals surface area contributed by atoms with Crippen LogP contribution in [0.1, 0.15) is 29.8 Å². The van der Waals surface area contributed by atoms with Gasteiger partial charge in [0.05, 0.1) is 18.7 Å². The van der Waals surface area contributed by atoms with E-state index in [0.29, 0.717) is 0 Å². The third-order valence-electron chi connectivity index (χ3n) is 3.27. The van der Waals surface area contributed by atoms with Gasteiger partial charge in [-0.1, -0.05) is 0 Å². The minimum Gasteiger partial charge on any atom is -0.506 e. The van der Waals surface area contributed by atoms with Gasteiger partial charge in [-0.25, -0.2) is 13.6 Å². The largest absolute Gasteiger partial charge is 0.506 e. The fourth-order valence-electron chi connectivity index (χ4n) is 2.22. The average Bonchev–Trinajstić information content (AvgIpc) is 2.52. The molecule has 0 saturated heterocycles. The fraction of sp³-hybridized carbons (Fsp3) is 0.312. The quantitative estimate of drug-likeness (QED) is 0.843. The number of benzene rings is 1. The maximum absolute atomic E-state index is 14.0. The van der Waals surface area contributed by atoms with Crippen molar-refractivity contribution in [3.05, 3.63) is 35.0 Å². The highest BCUT2D eigenvalue weighted by molar-refractivity contribution is 6.00. The Morgan fingerprint density at radius 3 is 2.62 bits per heavy atom. The first-order chi connectivity index (χ1) is 11.4. The third kappa shape index (κ3) is 3.42. The van der Waals surface area contributed by atoms with Crippen LogP contribution < -0.4 is 0 Å². The first-order valence-electron chi connectivity index (χ1n) is 7.15. The molecule has 0 aliphatic rings. The van der Waals surface area contributed by atoms with Gasteiger partial charge in [-0.15, -0.1) is 0 Å². The van der Waals surface area contributed by atoms with Gasteiger partial charge in [-0.2, -0.15) is 0 Å². The zero-order valence-corrected chi connectivity index (χ0v) is 13.1. The standard InChI is InChI=1S/C16H15F2NO5/c1-3-23-16(22)11-7-19-14-9(4-5-24-8(2)20)13(18)12(17)6-10(14)15(11)21/h6-7H,3-5H2,1-2H3,(H,19,21). The molecule has 8 heteroatoms. The molecule has 0 amide bonds. The Bertz CT molecular complexity index is 807. The summed E-state index contributed by atoms with van der Waals surface area (Å²) in [5.74, 6) is -4.29. The van der Waals surface area contributed by atoms with Crippen molar-refractivity contribution in [2.24, 2.45) is 0 Å². The van der Waals surface area contributed by atoms with E-state index in [1.165, 1.54) is 6.92 Å². The third-order valence-corrected chi connectivity index (χ3v) is 3.27. The predicted octanol–water partition coefficient (Wildman–Crippen LogP) is 2.50. The minimum atomic E-state index is -1.21. The number of halogens is 2. The number of fused-ring (bicyclic) bond motifs is 1. The van der Waals surface area contributed by atoms with E-state index >= 15 is 0 Å². The van der Waals surface area contributed by atoms with E-state index in [1.54, 1.807) is 6.92 Å². The van der Waals surface area contributed by atoms with Gasteiger partial charge in [-0.3, -0.25) is 9.78 Å². The molecule has 0 fully saturated rings. The Hall–Kier alpha value is -2.77. The van der Waals surface area contributed by atoms with Gasteiger partial charge >= 0.3 is 11.9 Å². The Balaban J connectivity index is 2.54. The minimum absolute atomic E-state index is 0.0217. The highest BCUT2D eigenvalue weighted by Crippen LogP contribution is 2.32. The van der Waals surface area contributed by atoms with Crippen LogP contribution in [0.3, 0.4) is 0 Å². The maximum atomic E-state index is 14.0. The monoisotopic (exact) mass is 339 g/mol. The molecule has 0 unspecified atom stereocenters. The summed E-state index contributed by atoms with van der Waals surface area (Å²) in [6.45, 7) is 2.69. The number of pyridine rings is 1. The molecule has 0 aliphatic carbocycles. The van der Waals surface area contributed by atoms with E-state index in [4.69, 9.17) is 9.47 Å². The van der Waals surface area contributed by atoms with E-state index in [1.807, 2.05) is 0 Å². The first-order valence-corrected chi connectivity index (χ1v) is 7.15. The number of nitrogens with zero attached hydrogens (tertiary/aromatic N) is 1. The van der Waals surface area contributed by atoms with Crippen molar-refractivity contribution in [3.8, 4) is 5.75 Å². The summed E-state index contributed by atoms with van der Waals surface area (Å²) in [6, 6.07) is 0.755. The Morgan fingerprint density at radius 1 is 1.29 bits per heavy atom. The number of ether oxygens (including phenoxy) is 2. The van der Waals surface area contributed by atoms with E-state index in [-0.39, 0.29) is 41.7 Å². The molecule has 1 aromatic carbocycles. The second-order valence-electron chi connectivity index (χ2n) is 4.88. The summed E-state index contributed by atoms with van der Waals surface area (Å²) in [6.07, 6.45) is 0.896. The Morgan fingerprint density at radius 2 is 2.00 bits per heavy atom. The highest BCUT2D eigenvalue weighted by atomic mass is 19.2. The zero-order chi connectivity index (χ0) is 17.9. The van der Waals surface area contributed by atoms with Crippen LogP contribution in [0, 0.1) is 11.6 Å². The molecule has 0 atom stereocenters. The molecular weight excluding hydrogens is 324 g/mol. The van der Waals surface area contributed by atoms with Gasteiger partial charge in [0.25, 0.3) is 0 Å². The van der Waals surface area contributed by atoms with Gasteiger partial charge in [0.1, 0.15) is 11.3 Å². The van der Waals surface area contributed by atoms with Crippen molar-refractivity contribution in [1.82, 2.24) is 4.98 Å². The summed E-state index contributed by atoms with van der Waals surface area (Å²) in [4.78, 5) is 26.5. The van der Waals surface area contributed by atoms with Crippen LogP contribution in [-0.2, 0) is 20.7 Å². The molecule has 6 nitrogen and oxygen atoms in total. The summed E-state index contributed by atoms with van der Waals surface area (Å²) < 4.78 is 37.3. The highest BCUT2D eigenvalue weighted by Gasteiger charge is 2.21. The molecule has 1 aromatic heterocycles. The van der Waals surface area contributed by atoms with Crippen LogP contribution in [-0.4, -0.2) is 35.2 Å². The van der Waals surface area contributed by atoms with Gasteiger partial charge in [0.15, 0.2) is 11.6 Å². The van der Waals surface area contributed by atoms with Crippen LogP contribution in [0.25, 0.3) is 10.9 Å². The summed E-state index contributed by atoms with van der Waals surface area (Å²) >= 11 is 0. The van der Waals surface area contributed by atoms with Gasteiger partial charge in [0.2, 0.25) is 0 Å². The molecular formula is C16H15F2NO5. The van der Waals surface area contributed by atoms with Gasteiger partial charge < -0.3 is 14.6 Å². The van der Waals surface area contributed by atoms with E-state index in [2.05, 4.69) is 4.98 Å². The number of esters is 2. The maximum Gasteiger partial charge on any atom is 0.343 e. The predicted molar refractivity (Wildman–Crippen MR) is 79.6 cm³/mol. The summed E-state index contributed by atoms with van der Waals surface area (Å²) in [5, 5.41) is 10.1. The van der Waals surface area contributed by atoms with E-state index in [0.717, 1.165) is 12.3 Å². The normalized spacial score (nSPS) is 10.7. The number of rotatable bonds is 5. The zero-order valence-electron chi connectivity index (χ0n) is 13.1. The molecule has 1 N–H and O–H groups in total. The number of carbonyl (C=O) groups excluding carboxylic acids is 2. The van der Waals surface area contributed by atoms with E-state index in [9.17, 15) is 23.5 Å². The molecule has 1 heterocycles. The van der Waals surface area contributed by atoms with Crippen LogP contribution in [0.2, 0.25) is 0 Å². The molecule has 0 saturated carbocycles. The SMILES string of the molecule is CCOC(=O)c1cnc2c(CCOC(C)=O)c(F)c(F)cc2c1O. The molecule has 2 aromatic rings. The van der Waals surface area contributed by atoms with Gasteiger partial charge in [-0.05, 0) is 13.0 Å². The average molecular weight is 339 g/mol. The van der Waals surface area contributed by atoms with Crippen LogP contribution in [0.5, 0.6) is 5.75 Å². The first kappa shape index (κ1) is 17.6.